The average molecular weight is 395 g/mol. The van der Waals surface area contributed by atoms with E-state index in [2.05, 4.69) is 55.5 Å². The van der Waals surface area contributed by atoms with Crippen molar-refractivity contribution in [3.05, 3.63) is 68.8 Å². The molecule has 0 unspecified atom stereocenters. The fourth-order valence-corrected chi connectivity index (χ4v) is 4.32. The van der Waals surface area contributed by atoms with Crippen LogP contribution >= 0.6 is 11.3 Å². The lowest BCUT2D eigenvalue weighted by atomic mass is 10.0. The number of carbonyl (C=O) groups is 1. The monoisotopic (exact) mass is 394 g/mol. The summed E-state index contributed by atoms with van der Waals surface area (Å²) in [6.45, 7) is 9.24. The van der Waals surface area contributed by atoms with Crippen molar-refractivity contribution in [3.8, 4) is 17.0 Å². The van der Waals surface area contributed by atoms with Gasteiger partial charge in [0.05, 0.1) is 12.8 Å². The minimum Gasteiger partial charge on any atom is -0.497 e. The molecule has 3 aromatic rings. The van der Waals surface area contributed by atoms with Crippen LogP contribution in [0.25, 0.3) is 11.3 Å². The third kappa shape index (κ3) is 3.94. The van der Waals surface area contributed by atoms with Crippen LogP contribution in [0.1, 0.15) is 40.2 Å². The summed E-state index contributed by atoms with van der Waals surface area (Å²) in [6, 6.07) is 13.6. The fraction of sp³-hybridized carbons (Fsp3) is 0.304. The topological polar surface area (TPSA) is 43.6 Å². The molecule has 0 aliphatic carbocycles. The molecule has 0 fully saturated rings. The summed E-state index contributed by atoms with van der Waals surface area (Å²) in [5, 5.41) is 0. The first-order valence-corrected chi connectivity index (χ1v) is 10.3. The summed E-state index contributed by atoms with van der Waals surface area (Å²) in [5.41, 5.74) is 5.44. The first kappa shape index (κ1) is 20.1. The zero-order valence-corrected chi connectivity index (χ0v) is 17.9. The lowest BCUT2D eigenvalue weighted by Gasteiger charge is -2.10. The van der Waals surface area contributed by atoms with Crippen molar-refractivity contribution in [2.45, 2.75) is 40.7 Å². The van der Waals surface area contributed by atoms with E-state index >= 15 is 0 Å². The Morgan fingerprint density at radius 2 is 1.79 bits per heavy atom. The molecule has 0 bridgehead atoms. The Balaban J connectivity index is 2.10. The minimum absolute atomic E-state index is 0.236. The van der Waals surface area contributed by atoms with Gasteiger partial charge in [0, 0.05) is 17.0 Å². The van der Waals surface area contributed by atoms with Gasteiger partial charge in [-0.15, -0.1) is 11.3 Å². The lowest BCUT2D eigenvalue weighted by molar-refractivity contribution is 0.0998. The average Bonchev–Trinajstić information content (AvgIpc) is 3.07. The highest BCUT2D eigenvalue weighted by Gasteiger charge is 2.15. The molecule has 0 spiro atoms. The summed E-state index contributed by atoms with van der Waals surface area (Å²) in [7, 11) is 1.61. The van der Waals surface area contributed by atoms with E-state index in [1.807, 2.05) is 0 Å². The smallest absolute Gasteiger partial charge is 0.279 e. The van der Waals surface area contributed by atoms with E-state index in [9.17, 15) is 4.79 Å². The van der Waals surface area contributed by atoms with Gasteiger partial charge in [0.2, 0.25) is 0 Å². The molecule has 28 heavy (non-hydrogen) atoms. The Kier molecular flexibility index (Phi) is 6.15. The molecule has 4 nitrogen and oxygen atoms in total. The Morgan fingerprint density at radius 1 is 1.07 bits per heavy atom. The van der Waals surface area contributed by atoms with Crippen LogP contribution in [0.3, 0.4) is 0 Å². The van der Waals surface area contributed by atoms with Gasteiger partial charge in [0.15, 0.2) is 4.80 Å². The second-order valence-corrected chi connectivity index (χ2v) is 7.76. The molecule has 2 aromatic carbocycles. The number of ether oxygens (including phenoxy) is 1. The Labute approximate surface area is 170 Å². The van der Waals surface area contributed by atoms with E-state index in [0.717, 1.165) is 23.5 Å². The molecule has 1 aromatic heterocycles. The van der Waals surface area contributed by atoms with Crippen LogP contribution < -0.4 is 9.54 Å². The molecule has 5 heteroatoms. The second kappa shape index (κ2) is 8.57. The molecule has 0 aliphatic rings. The third-order valence-corrected chi connectivity index (χ3v) is 6.15. The highest BCUT2D eigenvalue weighted by atomic mass is 32.1. The van der Waals surface area contributed by atoms with Crippen molar-refractivity contribution in [1.29, 1.82) is 0 Å². The van der Waals surface area contributed by atoms with Crippen molar-refractivity contribution >= 4 is 17.2 Å². The zero-order chi connectivity index (χ0) is 20.3. The quantitative estimate of drug-likeness (QED) is 0.599. The van der Waals surface area contributed by atoms with Crippen LogP contribution in [0, 0.1) is 13.8 Å². The third-order valence-electron chi connectivity index (χ3n) is 4.93. The number of nitrogens with zero attached hydrogens (tertiary/aromatic N) is 2. The van der Waals surface area contributed by atoms with E-state index < -0.39 is 0 Å². The van der Waals surface area contributed by atoms with Gasteiger partial charge in [-0.1, -0.05) is 19.1 Å². The van der Waals surface area contributed by atoms with Gasteiger partial charge < -0.3 is 9.30 Å². The minimum atomic E-state index is -0.236. The van der Waals surface area contributed by atoms with Crippen molar-refractivity contribution in [2.24, 2.45) is 4.99 Å². The van der Waals surface area contributed by atoms with Crippen LogP contribution in [-0.4, -0.2) is 17.6 Å². The molecule has 3 rings (SSSR count). The van der Waals surface area contributed by atoms with E-state index in [0.29, 0.717) is 5.56 Å². The Bertz CT molecular complexity index is 1060. The number of methoxy groups -OCH3 is 1. The van der Waals surface area contributed by atoms with Crippen LogP contribution in [0.5, 0.6) is 5.75 Å². The fourth-order valence-electron chi connectivity index (χ4n) is 3.17. The van der Waals surface area contributed by atoms with Crippen molar-refractivity contribution in [2.75, 3.05) is 7.11 Å². The largest absolute Gasteiger partial charge is 0.497 e. The van der Waals surface area contributed by atoms with Crippen molar-refractivity contribution < 1.29 is 9.53 Å². The van der Waals surface area contributed by atoms with Crippen LogP contribution in [0.4, 0.5) is 0 Å². The lowest BCUT2D eigenvalue weighted by Crippen LogP contribution is -2.17. The standard InChI is InChI=1S/C23H26N2O2S/c1-6-20-21(18-9-8-15(3)16(4)14-18)25(7-2)23(28-20)24-22(26)17-10-12-19(27-5)13-11-17/h8-14H,6-7H2,1-5H3. The molecule has 1 heterocycles. The van der Waals surface area contributed by atoms with Gasteiger partial charge in [-0.05, 0) is 74.2 Å². The first-order chi connectivity index (χ1) is 13.5. The highest BCUT2D eigenvalue weighted by molar-refractivity contribution is 7.09. The van der Waals surface area contributed by atoms with E-state index in [-0.39, 0.29) is 5.91 Å². The summed E-state index contributed by atoms with van der Waals surface area (Å²) in [5.74, 6) is 0.488. The maximum absolute atomic E-state index is 12.7. The summed E-state index contributed by atoms with van der Waals surface area (Å²) >= 11 is 1.60. The van der Waals surface area contributed by atoms with Gasteiger partial charge in [-0.3, -0.25) is 4.79 Å². The van der Waals surface area contributed by atoms with Crippen molar-refractivity contribution in [3.63, 3.8) is 0 Å². The molecule has 0 atom stereocenters. The molecule has 0 aliphatic heterocycles. The van der Waals surface area contributed by atoms with E-state index in [1.165, 1.54) is 27.3 Å². The normalized spacial score (nSPS) is 11.7. The second-order valence-electron chi connectivity index (χ2n) is 6.70. The molecular formula is C23H26N2O2S. The number of benzene rings is 2. The zero-order valence-electron chi connectivity index (χ0n) is 17.1. The van der Waals surface area contributed by atoms with Gasteiger partial charge in [0.25, 0.3) is 5.91 Å². The van der Waals surface area contributed by atoms with Gasteiger partial charge >= 0.3 is 0 Å². The predicted molar refractivity (Wildman–Crippen MR) is 115 cm³/mol. The number of aryl methyl sites for hydroxylation is 3. The van der Waals surface area contributed by atoms with Crippen LogP contribution in [-0.2, 0) is 13.0 Å². The predicted octanol–water partition coefficient (Wildman–Crippen LogP) is 5.17. The maximum Gasteiger partial charge on any atom is 0.279 e. The molecular weight excluding hydrogens is 368 g/mol. The van der Waals surface area contributed by atoms with Crippen LogP contribution in [0.15, 0.2) is 47.5 Å². The van der Waals surface area contributed by atoms with Crippen LogP contribution in [0.2, 0.25) is 0 Å². The number of hydrogen-bond donors (Lipinski definition) is 0. The molecule has 0 saturated carbocycles. The molecule has 1 amide bonds. The van der Waals surface area contributed by atoms with Gasteiger partial charge in [-0.25, -0.2) is 0 Å². The molecule has 0 N–H and O–H groups in total. The summed E-state index contributed by atoms with van der Waals surface area (Å²) in [6.07, 6.45) is 0.902. The maximum atomic E-state index is 12.7. The summed E-state index contributed by atoms with van der Waals surface area (Å²) in [4.78, 5) is 19.1. The van der Waals surface area contributed by atoms with E-state index in [4.69, 9.17) is 4.74 Å². The SMILES string of the molecule is CCc1sc(=NC(=O)c2ccc(OC)cc2)n(CC)c1-c1ccc(C)c(C)c1. The van der Waals surface area contributed by atoms with E-state index in [1.54, 1.807) is 42.7 Å². The Morgan fingerprint density at radius 3 is 2.36 bits per heavy atom. The molecule has 146 valence electrons. The molecule has 0 radical (unpaired) electrons. The number of hydrogen-bond acceptors (Lipinski definition) is 3. The summed E-state index contributed by atoms with van der Waals surface area (Å²) < 4.78 is 7.31. The first-order valence-electron chi connectivity index (χ1n) is 9.51. The molecule has 0 saturated heterocycles. The number of carbonyl (C=O) groups excluding carboxylic acids is 1. The van der Waals surface area contributed by atoms with Crippen molar-refractivity contribution in [1.82, 2.24) is 4.57 Å². The number of rotatable bonds is 5. The number of amides is 1. The number of aromatic nitrogens is 1. The number of thiazole rings is 1. The Hall–Kier alpha value is -2.66. The van der Waals surface area contributed by atoms with Gasteiger partial charge in [-0.2, -0.15) is 4.99 Å². The highest BCUT2D eigenvalue weighted by Crippen LogP contribution is 2.28. The van der Waals surface area contributed by atoms with Gasteiger partial charge in [0.1, 0.15) is 5.75 Å².